The van der Waals surface area contributed by atoms with Crippen molar-refractivity contribution in [1.29, 1.82) is 0 Å². The van der Waals surface area contributed by atoms with Gasteiger partial charge in [-0.1, -0.05) is 28.1 Å². The molecule has 2 amide bonds. The molecule has 2 aromatic rings. The number of halogens is 2. The number of hydrogen-bond acceptors (Lipinski definition) is 2. The smallest absolute Gasteiger partial charge is 0.251 e. The van der Waals surface area contributed by atoms with E-state index in [2.05, 4.69) is 21.2 Å². The third kappa shape index (κ3) is 4.07. The van der Waals surface area contributed by atoms with Gasteiger partial charge < -0.3 is 10.2 Å². The van der Waals surface area contributed by atoms with Crippen molar-refractivity contribution in [2.24, 2.45) is 0 Å². The zero-order chi connectivity index (χ0) is 17.8. The zero-order valence-electron chi connectivity index (χ0n) is 13.6. The average molecular weight is 405 g/mol. The van der Waals surface area contributed by atoms with Crippen LogP contribution in [0.25, 0.3) is 0 Å². The number of nitrogens with one attached hydrogen (secondary N) is 1. The fourth-order valence-electron chi connectivity index (χ4n) is 2.97. The normalized spacial score (nSPS) is 13.3. The van der Waals surface area contributed by atoms with Crippen LogP contribution in [0.1, 0.15) is 28.8 Å². The molecule has 25 heavy (non-hydrogen) atoms. The Hall–Kier alpha value is -2.21. The number of para-hydroxylation sites is 1. The summed E-state index contributed by atoms with van der Waals surface area (Å²) in [6, 6.07) is 11.9. The second kappa shape index (κ2) is 7.78. The Morgan fingerprint density at radius 3 is 2.68 bits per heavy atom. The maximum atomic E-state index is 14.1. The Bertz CT molecular complexity index is 793. The molecule has 0 radical (unpaired) electrons. The van der Waals surface area contributed by atoms with Gasteiger partial charge in [-0.05, 0) is 48.7 Å². The second-order valence-electron chi connectivity index (χ2n) is 5.91. The van der Waals surface area contributed by atoms with Crippen molar-refractivity contribution in [2.45, 2.75) is 19.3 Å². The van der Waals surface area contributed by atoms with Crippen LogP contribution >= 0.6 is 15.9 Å². The Balaban J connectivity index is 1.59. The summed E-state index contributed by atoms with van der Waals surface area (Å²) in [5.74, 6) is -0.780. The molecule has 0 atom stereocenters. The topological polar surface area (TPSA) is 49.4 Å². The highest BCUT2D eigenvalue weighted by Gasteiger charge is 2.25. The third-order valence-electron chi connectivity index (χ3n) is 4.20. The van der Waals surface area contributed by atoms with Crippen molar-refractivity contribution in [3.8, 4) is 0 Å². The van der Waals surface area contributed by atoms with E-state index in [-0.39, 0.29) is 30.6 Å². The first-order valence-electron chi connectivity index (χ1n) is 8.18. The summed E-state index contributed by atoms with van der Waals surface area (Å²) in [6.07, 6.45) is 1.72. The SMILES string of the molecule is O=C(NCCC(=O)N1CCCc2cccc(F)c21)c1ccc(Br)cc1. The van der Waals surface area contributed by atoms with Crippen molar-refractivity contribution in [3.63, 3.8) is 0 Å². The van der Waals surface area contributed by atoms with E-state index in [4.69, 9.17) is 0 Å². The van der Waals surface area contributed by atoms with Gasteiger partial charge in [0.2, 0.25) is 5.91 Å². The van der Waals surface area contributed by atoms with E-state index in [1.54, 1.807) is 30.3 Å². The van der Waals surface area contributed by atoms with Crippen molar-refractivity contribution >= 4 is 33.4 Å². The fourth-order valence-corrected chi connectivity index (χ4v) is 3.24. The number of carbonyl (C=O) groups is 2. The van der Waals surface area contributed by atoms with E-state index in [1.807, 2.05) is 6.07 Å². The lowest BCUT2D eigenvalue weighted by atomic mass is 10.0. The molecule has 6 heteroatoms. The van der Waals surface area contributed by atoms with Gasteiger partial charge in [0.15, 0.2) is 0 Å². The Labute approximate surface area is 154 Å². The van der Waals surface area contributed by atoms with Crippen molar-refractivity contribution in [1.82, 2.24) is 5.32 Å². The van der Waals surface area contributed by atoms with Crippen LogP contribution in [0.2, 0.25) is 0 Å². The maximum absolute atomic E-state index is 14.1. The van der Waals surface area contributed by atoms with Crippen LogP contribution in [0.5, 0.6) is 0 Å². The predicted octanol–water partition coefficient (Wildman–Crippen LogP) is 3.69. The van der Waals surface area contributed by atoms with Gasteiger partial charge in [-0.3, -0.25) is 9.59 Å². The lowest BCUT2D eigenvalue weighted by Crippen LogP contribution is -2.38. The summed E-state index contributed by atoms with van der Waals surface area (Å²) < 4.78 is 15.0. The van der Waals surface area contributed by atoms with Gasteiger partial charge in [0.05, 0.1) is 5.69 Å². The van der Waals surface area contributed by atoms with Gasteiger partial charge in [0.25, 0.3) is 5.91 Å². The van der Waals surface area contributed by atoms with Gasteiger partial charge in [0.1, 0.15) is 5.82 Å². The molecular formula is C19H18BrFN2O2. The van der Waals surface area contributed by atoms with Gasteiger partial charge >= 0.3 is 0 Å². The molecule has 1 aliphatic rings. The molecule has 0 aliphatic carbocycles. The van der Waals surface area contributed by atoms with Crippen LogP contribution in [-0.2, 0) is 11.2 Å². The molecule has 1 aliphatic heterocycles. The molecule has 0 saturated heterocycles. The molecule has 0 fully saturated rings. The molecule has 3 rings (SSSR count). The molecule has 0 spiro atoms. The first-order valence-corrected chi connectivity index (χ1v) is 8.97. The number of anilines is 1. The standard InChI is InChI=1S/C19H18BrFN2O2/c20-15-8-6-14(7-9-15)19(25)22-11-10-17(24)23-12-2-4-13-3-1-5-16(21)18(13)23/h1,3,5-9H,2,4,10-12H2,(H,22,25). The summed E-state index contributed by atoms with van der Waals surface area (Å²) >= 11 is 3.32. The minimum Gasteiger partial charge on any atom is -0.352 e. The van der Waals surface area contributed by atoms with Gasteiger partial charge in [-0.15, -0.1) is 0 Å². The number of aryl methyl sites for hydroxylation is 1. The number of carbonyl (C=O) groups excluding carboxylic acids is 2. The van der Waals surface area contributed by atoms with Gasteiger partial charge in [0, 0.05) is 29.5 Å². The van der Waals surface area contributed by atoms with Crippen LogP contribution in [0.3, 0.4) is 0 Å². The number of amides is 2. The fraction of sp³-hybridized carbons (Fsp3) is 0.263. The summed E-state index contributed by atoms with van der Waals surface area (Å²) in [5.41, 5.74) is 1.78. The highest BCUT2D eigenvalue weighted by atomic mass is 79.9. The van der Waals surface area contributed by atoms with Crippen LogP contribution in [0, 0.1) is 5.82 Å². The first-order chi connectivity index (χ1) is 12.1. The minimum absolute atomic E-state index is 0.135. The lowest BCUT2D eigenvalue weighted by Gasteiger charge is -2.30. The number of nitrogens with zero attached hydrogens (tertiary/aromatic N) is 1. The molecule has 1 heterocycles. The van der Waals surface area contributed by atoms with E-state index in [9.17, 15) is 14.0 Å². The number of fused-ring (bicyclic) bond motifs is 1. The third-order valence-corrected chi connectivity index (χ3v) is 4.73. The van der Waals surface area contributed by atoms with Crippen LogP contribution < -0.4 is 10.2 Å². The van der Waals surface area contributed by atoms with Crippen molar-refractivity contribution < 1.29 is 14.0 Å². The summed E-state index contributed by atoms with van der Waals surface area (Å²) in [4.78, 5) is 26.0. The van der Waals surface area contributed by atoms with Crippen LogP contribution in [0.15, 0.2) is 46.9 Å². The Morgan fingerprint density at radius 2 is 1.92 bits per heavy atom. The Kier molecular flexibility index (Phi) is 5.48. The van der Waals surface area contributed by atoms with E-state index >= 15 is 0 Å². The Morgan fingerprint density at radius 1 is 1.16 bits per heavy atom. The monoisotopic (exact) mass is 404 g/mol. The van der Waals surface area contributed by atoms with E-state index < -0.39 is 0 Å². The van der Waals surface area contributed by atoms with E-state index in [0.717, 1.165) is 22.9 Å². The minimum atomic E-state index is -0.371. The van der Waals surface area contributed by atoms with Crippen LogP contribution in [0.4, 0.5) is 10.1 Å². The highest BCUT2D eigenvalue weighted by molar-refractivity contribution is 9.10. The highest BCUT2D eigenvalue weighted by Crippen LogP contribution is 2.30. The van der Waals surface area contributed by atoms with Gasteiger partial charge in [-0.2, -0.15) is 0 Å². The summed E-state index contributed by atoms with van der Waals surface area (Å²) in [6.45, 7) is 0.724. The van der Waals surface area contributed by atoms with E-state index in [1.165, 1.54) is 11.0 Å². The van der Waals surface area contributed by atoms with Crippen LogP contribution in [-0.4, -0.2) is 24.9 Å². The van der Waals surface area contributed by atoms with Gasteiger partial charge in [-0.25, -0.2) is 4.39 Å². The number of hydrogen-bond donors (Lipinski definition) is 1. The molecule has 130 valence electrons. The molecule has 2 aromatic carbocycles. The largest absolute Gasteiger partial charge is 0.352 e. The molecule has 1 N–H and O–H groups in total. The average Bonchev–Trinajstić information content (AvgIpc) is 2.62. The molecule has 0 bridgehead atoms. The zero-order valence-corrected chi connectivity index (χ0v) is 15.2. The molecule has 0 unspecified atom stereocenters. The first kappa shape index (κ1) is 17.6. The molecule has 0 aromatic heterocycles. The molecule has 0 saturated carbocycles. The number of rotatable bonds is 4. The summed E-state index contributed by atoms with van der Waals surface area (Å²) in [5, 5.41) is 2.73. The molecule has 4 nitrogen and oxygen atoms in total. The predicted molar refractivity (Wildman–Crippen MR) is 98.2 cm³/mol. The second-order valence-corrected chi connectivity index (χ2v) is 6.82. The maximum Gasteiger partial charge on any atom is 0.251 e. The van der Waals surface area contributed by atoms with Crippen molar-refractivity contribution in [3.05, 3.63) is 63.9 Å². The molecular weight excluding hydrogens is 387 g/mol. The summed E-state index contributed by atoms with van der Waals surface area (Å²) in [7, 11) is 0. The number of benzene rings is 2. The lowest BCUT2D eigenvalue weighted by molar-refractivity contribution is -0.118. The van der Waals surface area contributed by atoms with E-state index in [0.29, 0.717) is 17.8 Å². The van der Waals surface area contributed by atoms with Crippen molar-refractivity contribution in [2.75, 3.05) is 18.0 Å². The quantitative estimate of drug-likeness (QED) is 0.844.